The summed E-state index contributed by atoms with van der Waals surface area (Å²) in [7, 11) is 0. The quantitative estimate of drug-likeness (QED) is 0.420. The SMILES string of the molecule is C.C=O.CCC(C)(C)SOO[O-].[W]. The molecule has 0 aromatic carbocycles. The second kappa shape index (κ2) is 15.1. The third-order valence-electron chi connectivity index (χ3n) is 1.14. The molecule has 0 spiro atoms. The van der Waals surface area contributed by atoms with Crippen molar-refractivity contribution in [3.63, 3.8) is 0 Å². The third-order valence-corrected chi connectivity index (χ3v) is 2.00. The molecule has 6 heteroatoms. The zero-order chi connectivity index (χ0) is 9.33. The van der Waals surface area contributed by atoms with Gasteiger partial charge in [0.1, 0.15) is 6.79 Å². The maximum absolute atomic E-state index is 9.35. The molecule has 4 nitrogen and oxygen atoms in total. The molecule has 0 N–H and O–H groups in total. The molecule has 0 heterocycles. The smallest absolute Gasteiger partial charge is 0.106 e. The zero-order valence-electron chi connectivity index (χ0n) is 7.36. The molecule has 0 radical (unpaired) electrons. The third kappa shape index (κ3) is 19.1. The maximum atomic E-state index is 9.35. The molecule has 0 aromatic heterocycles. The van der Waals surface area contributed by atoms with Crippen LogP contribution in [0.4, 0.5) is 0 Å². The largest absolute Gasteiger partial charge is 0.691 e. The Morgan fingerprint density at radius 3 is 2.08 bits per heavy atom. The molecule has 0 rings (SSSR count). The summed E-state index contributed by atoms with van der Waals surface area (Å²) in [5.74, 6) is 0. The van der Waals surface area contributed by atoms with Crippen LogP contribution in [0, 0.1) is 0 Å². The van der Waals surface area contributed by atoms with Crippen LogP contribution in [-0.4, -0.2) is 11.5 Å². The van der Waals surface area contributed by atoms with Gasteiger partial charge in [0, 0.05) is 37.9 Å². The van der Waals surface area contributed by atoms with Crippen LogP contribution in [0.5, 0.6) is 0 Å². The Hall–Kier alpha value is 0.588. The van der Waals surface area contributed by atoms with Crippen LogP contribution in [0.2, 0.25) is 0 Å². The first-order chi connectivity index (χ1) is 5.12. The molecule has 13 heavy (non-hydrogen) atoms. The molecule has 0 bridgehead atoms. The van der Waals surface area contributed by atoms with Gasteiger partial charge in [0.2, 0.25) is 0 Å². The van der Waals surface area contributed by atoms with Crippen molar-refractivity contribution in [1.29, 1.82) is 0 Å². The summed E-state index contributed by atoms with van der Waals surface area (Å²) in [4.78, 5) is 8.00. The molecular weight excluding hydrogens is 364 g/mol. The van der Waals surface area contributed by atoms with Crippen LogP contribution < -0.4 is 5.26 Å². The van der Waals surface area contributed by atoms with Gasteiger partial charge in [-0.3, -0.25) is 5.04 Å². The first-order valence-corrected chi connectivity index (χ1v) is 3.80. The predicted molar refractivity (Wildman–Crippen MR) is 48.0 cm³/mol. The van der Waals surface area contributed by atoms with E-state index in [4.69, 9.17) is 4.79 Å². The Labute approximate surface area is 98.7 Å². The van der Waals surface area contributed by atoms with E-state index in [0.29, 0.717) is 0 Å². The number of carbonyl (C=O) groups is 1. The summed E-state index contributed by atoms with van der Waals surface area (Å²) in [6.07, 6.45) is 0.932. The first kappa shape index (κ1) is 23.4. The summed E-state index contributed by atoms with van der Waals surface area (Å²) in [5, 5.41) is 12.5. The van der Waals surface area contributed by atoms with Crippen LogP contribution in [0.3, 0.4) is 0 Å². The molecule has 0 fully saturated rings. The van der Waals surface area contributed by atoms with Crippen LogP contribution in [0.1, 0.15) is 34.6 Å². The molecule has 0 amide bonds. The van der Waals surface area contributed by atoms with Gasteiger partial charge in [0.15, 0.2) is 0 Å². The van der Waals surface area contributed by atoms with Gasteiger partial charge in [0.25, 0.3) is 0 Å². The van der Waals surface area contributed by atoms with Crippen molar-refractivity contribution in [2.75, 3.05) is 0 Å². The minimum atomic E-state index is -0.0373. The summed E-state index contributed by atoms with van der Waals surface area (Å²) >= 11 is 1.04. The van der Waals surface area contributed by atoms with Crippen molar-refractivity contribution >= 4 is 18.8 Å². The molecular formula is C7H17O4SW-. The fourth-order valence-electron chi connectivity index (χ4n) is 0.165. The predicted octanol–water partition coefficient (Wildman–Crippen LogP) is 1.50. The van der Waals surface area contributed by atoms with E-state index in [-0.39, 0.29) is 33.2 Å². The van der Waals surface area contributed by atoms with Gasteiger partial charge in [-0.15, -0.1) is 0 Å². The van der Waals surface area contributed by atoms with E-state index < -0.39 is 0 Å². The second-order valence-corrected chi connectivity index (χ2v) is 3.74. The van der Waals surface area contributed by atoms with Crippen LogP contribution in [0.15, 0.2) is 0 Å². The molecule has 0 saturated carbocycles. The Balaban J connectivity index is -0.0000000941. The molecule has 82 valence electrons. The van der Waals surface area contributed by atoms with E-state index in [1.54, 1.807) is 0 Å². The molecule has 0 aliphatic carbocycles. The van der Waals surface area contributed by atoms with Gasteiger partial charge in [-0.2, -0.15) is 4.33 Å². The maximum Gasteiger partial charge on any atom is 0.106 e. The van der Waals surface area contributed by atoms with Crippen molar-refractivity contribution in [2.24, 2.45) is 0 Å². The van der Waals surface area contributed by atoms with E-state index in [0.717, 1.165) is 18.5 Å². The molecule has 0 aliphatic rings. The monoisotopic (exact) mass is 381 g/mol. The van der Waals surface area contributed by atoms with Crippen molar-refractivity contribution in [2.45, 2.75) is 39.4 Å². The Morgan fingerprint density at radius 2 is 1.85 bits per heavy atom. The van der Waals surface area contributed by atoms with Crippen molar-refractivity contribution in [1.82, 2.24) is 0 Å². The van der Waals surface area contributed by atoms with Gasteiger partial charge < -0.3 is 10.1 Å². The van der Waals surface area contributed by atoms with E-state index in [2.05, 4.69) is 9.37 Å². The Kier molecular flexibility index (Phi) is 27.2. The summed E-state index contributed by atoms with van der Waals surface area (Å²) < 4.78 is 4.11. The van der Waals surface area contributed by atoms with Gasteiger partial charge in [-0.05, 0) is 20.3 Å². The Morgan fingerprint density at radius 1 is 1.46 bits per heavy atom. The minimum Gasteiger partial charge on any atom is -0.691 e. The summed E-state index contributed by atoms with van der Waals surface area (Å²) in [5.41, 5.74) is 0. The summed E-state index contributed by atoms with van der Waals surface area (Å²) in [6.45, 7) is 7.95. The Bertz CT molecular complexity index is 92.6. The fourth-order valence-corrected chi connectivity index (χ4v) is 0.495. The van der Waals surface area contributed by atoms with E-state index in [9.17, 15) is 5.26 Å². The van der Waals surface area contributed by atoms with Gasteiger partial charge in [-0.25, -0.2) is 0 Å². The van der Waals surface area contributed by atoms with Gasteiger partial charge in [0.05, 0.1) is 0 Å². The van der Waals surface area contributed by atoms with Crippen LogP contribution in [-0.2, 0) is 35.2 Å². The van der Waals surface area contributed by atoms with Crippen molar-refractivity contribution in [3.05, 3.63) is 0 Å². The average molecular weight is 381 g/mol. The molecule has 0 unspecified atom stereocenters. The first-order valence-electron chi connectivity index (χ1n) is 3.05. The van der Waals surface area contributed by atoms with E-state index in [1.165, 1.54) is 0 Å². The number of carbonyl (C=O) groups excluding carboxylic acids is 1. The van der Waals surface area contributed by atoms with E-state index >= 15 is 0 Å². The molecule has 0 atom stereocenters. The van der Waals surface area contributed by atoms with Gasteiger partial charge >= 0.3 is 0 Å². The number of hydrogen-bond donors (Lipinski definition) is 0. The summed E-state index contributed by atoms with van der Waals surface area (Å²) in [6, 6.07) is 0. The molecule has 0 aromatic rings. The van der Waals surface area contributed by atoms with E-state index in [1.807, 2.05) is 27.6 Å². The van der Waals surface area contributed by atoms with Crippen molar-refractivity contribution < 1.29 is 40.5 Å². The van der Waals surface area contributed by atoms with Crippen molar-refractivity contribution in [3.8, 4) is 0 Å². The van der Waals surface area contributed by atoms with Crippen LogP contribution in [0.25, 0.3) is 0 Å². The molecule has 0 saturated heterocycles. The zero-order valence-corrected chi connectivity index (χ0v) is 11.1. The second-order valence-electron chi connectivity index (χ2n) is 2.33. The average Bonchev–Trinajstić information content (AvgIpc) is 2.05. The normalized spacial score (nSPS) is 8.62. The minimum absolute atomic E-state index is 0. The van der Waals surface area contributed by atoms with Crippen LogP contribution >= 0.6 is 12.0 Å². The van der Waals surface area contributed by atoms with Gasteiger partial charge in [-0.1, -0.05) is 14.4 Å². The fraction of sp³-hybridized carbons (Fsp3) is 0.857. The molecule has 0 aliphatic heterocycles. The topological polar surface area (TPSA) is 58.6 Å². The number of hydrogen-bond acceptors (Lipinski definition) is 5. The number of rotatable bonds is 4. The standard InChI is InChI=1S/C5H12O3S.CH2O.CH4.W/c1-4-5(2,3)9-8-7-6;1-2;;/h6H,4H2,1-3H3;1H2;1H4;/p-1.